The minimum absolute atomic E-state index is 0.595. The third-order valence-corrected chi connectivity index (χ3v) is 10.7. The fourth-order valence-corrected chi connectivity index (χ4v) is 8.00. The molecule has 11 rings (SSSR count). The van der Waals surface area contributed by atoms with Crippen LogP contribution in [0.5, 0.6) is 0 Å². The third-order valence-electron chi connectivity index (χ3n) is 10.7. The molecule has 4 nitrogen and oxygen atoms in total. The highest BCUT2D eigenvalue weighted by Crippen LogP contribution is 2.43. The summed E-state index contributed by atoms with van der Waals surface area (Å²) in [6.07, 6.45) is 0. The van der Waals surface area contributed by atoms with Gasteiger partial charge in [-0.25, -0.2) is 15.0 Å². The van der Waals surface area contributed by atoms with E-state index in [2.05, 4.69) is 164 Å². The molecule has 0 atom stereocenters. The molecule has 0 unspecified atom stereocenters. The Hall–Kier alpha value is -7.43. The molecular weight excluding hydrogens is 671 g/mol. The normalized spacial score (nSPS) is 11.6. The number of benzene rings is 9. The molecule has 2 heterocycles. The van der Waals surface area contributed by atoms with E-state index < -0.39 is 0 Å². The lowest BCUT2D eigenvalue weighted by Crippen LogP contribution is -2.00. The van der Waals surface area contributed by atoms with Gasteiger partial charge in [-0.2, -0.15) is 0 Å². The van der Waals surface area contributed by atoms with E-state index >= 15 is 0 Å². The van der Waals surface area contributed by atoms with Gasteiger partial charge in [0.1, 0.15) is 11.2 Å². The van der Waals surface area contributed by atoms with E-state index in [9.17, 15) is 0 Å². The quantitative estimate of drug-likeness (QED) is 0.179. The first-order chi connectivity index (χ1) is 27.2. The summed E-state index contributed by atoms with van der Waals surface area (Å²) in [4.78, 5) is 15.6. The van der Waals surface area contributed by atoms with Crippen molar-refractivity contribution in [3.8, 4) is 56.4 Å². The highest BCUT2D eigenvalue weighted by Gasteiger charge is 2.21. The molecule has 0 fully saturated rings. The molecular formula is C51H31N3O. The molecule has 0 saturated heterocycles. The summed E-state index contributed by atoms with van der Waals surface area (Å²) < 4.78 is 6.68. The summed E-state index contributed by atoms with van der Waals surface area (Å²) in [5, 5.41) is 8.91. The third kappa shape index (κ3) is 5.34. The van der Waals surface area contributed by atoms with E-state index in [4.69, 9.17) is 19.4 Å². The smallest absolute Gasteiger partial charge is 0.164 e. The van der Waals surface area contributed by atoms with Crippen molar-refractivity contribution in [2.75, 3.05) is 0 Å². The van der Waals surface area contributed by atoms with Crippen LogP contribution in [0.3, 0.4) is 0 Å². The van der Waals surface area contributed by atoms with Crippen LogP contribution in [0.2, 0.25) is 0 Å². The van der Waals surface area contributed by atoms with Gasteiger partial charge in [0, 0.05) is 27.5 Å². The fourth-order valence-electron chi connectivity index (χ4n) is 8.00. The first-order valence-corrected chi connectivity index (χ1v) is 18.5. The summed E-state index contributed by atoms with van der Waals surface area (Å²) in [5.41, 5.74) is 9.03. The average molecular weight is 702 g/mol. The van der Waals surface area contributed by atoms with Gasteiger partial charge in [-0.05, 0) is 84.9 Å². The van der Waals surface area contributed by atoms with Crippen molar-refractivity contribution >= 4 is 54.3 Å². The van der Waals surface area contributed by atoms with E-state index in [0.29, 0.717) is 17.5 Å². The number of nitrogens with zero attached hydrogens (tertiary/aromatic N) is 3. The summed E-state index contributed by atoms with van der Waals surface area (Å²) in [7, 11) is 0. The first kappa shape index (κ1) is 31.1. The van der Waals surface area contributed by atoms with Crippen molar-refractivity contribution < 1.29 is 4.42 Å². The maximum Gasteiger partial charge on any atom is 0.164 e. The number of furan rings is 1. The van der Waals surface area contributed by atoms with Crippen molar-refractivity contribution in [1.82, 2.24) is 15.0 Å². The lowest BCUT2D eigenvalue weighted by atomic mass is 9.94. The Labute approximate surface area is 317 Å². The number of aromatic nitrogens is 3. The van der Waals surface area contributed by atoms with Gasteiger partial charge in [0.05, 0.1) is 0 Å². The Kier molecular flexibility index (Phi) is 7.14. The molecule has 0 saturated carbocycles. The van der Waals surface area contributed by atoms with Crippen LogP contribution in [-0.4, -0.2) is 15.0 Å². The largest absolute Gasteiger partial charge is 0.456 e. The Morgan fingerprint density at radius 1 is 0.291 bits per heavy atom. The number of fused-ring (bicyclic) bond motifs is 7. The van der Waals surface area contributed by atoms with Gasteiger partial charge in [0.25, 0.3) is 0 Å². The standard InChI is InChI=1S/C51H31N3O/c1-3-12-32(13-4-1)36-23-24-38-30-40(27-25-37(38)28-36)50-52-49(39-26-22-33-14-7-8-17-35(33)29-39)53-51(54-50)43-20-11-21-45-48(43)47-42-19-10-9-18-41(42)44(31-46(47)55-45)34-15-5-2-6-16-34/h1-31H. The van der Waals surface area contributed by atoms with Crippen LogP contribution >= 0.6 is 0 Å². The number of rotatable bonds is 5. The van der Waals surface area contributed by atoms with Crippen molar-refractivity contribution in [3.05, 3.63) is 188 Å². The molecule has 0 aliphatic carbocycles. The van der Waals surface area contributed by atoms with Crippen LogP contribution in [0.15, 0.2) is 192 Å². The van der Waals surface area contributed by atoms with Crippen LogP contribution in [0.4, 0.5) is 0 Å². The number of hydrogen-bond acceptors (Lipinski definition) is 4. The maximum atomic E-state index is 6.68. The second-order valence-electron chi connectivity index (χ2n) is 14.0. The Bertz CT molecular complexity index is 3260. The lowest BCUT2D eigenvalue weighted by Gasteiger charge is -2.11. The van der Waals surface area contributed by atoms with Crippen LogP contribution in [0, 0.1) is 0 Å². The van der Waals surface area contributed by atoms with Crippen molar-refractivity contribution in [1.29, 1.82) is 0 Å². The Morgan fingerprint density at radius 2 is 0.836 bits per heavy atom. The van der Waals surface area contributed by atoms with Gasteiger partial charge in [-0.15, -0.1) is 0 Å². The molecule has 2 aromatic heterocycles. The molecule has 9 aromatic carbocycles. The van der Waals surface area contributed by atoms with Crippen molar-refractivity contribution in [2.45, 2.75) is 0 Å². The second-order valence-corrected chi connectivity index (χ2v) is 14.0. The summed E-state index contributed by atoms with van der Waals surface area (Å²) in [6.45, 7) is 0. The second kappa shape index (κ2) is 12.6. The summed E-state index contributed by atoms with van der Waals surface area (Å²) >= 11 is 0. The average Bonchev–Trinajstić information content (AvgIpc) is 3.65. The molecule has 11 aromatic rings. The topological polar surface area (TPSA) is 51.8 Å². The molecule has 0 spiro atoms. The predicted octanol–water partition coefficient (Wildman–Crippen LogP) is 13.6. The van der Waals surface area contributed by atoms with E-state index in [1.54, 1.807) is 0 Å². The minimum atomic E-state index is 0.595. The van der Waals surface area contributed by atoms with Gasteiger partial charge < -0.3 is 4.42 Å². The van der Waals surface area contributed by atoms with Crippen LogP contribution < -0.4 is 0 Å². The fraction of sp³-hybridized carbons (Fsp3) is 0. The van der Waals surface area contributed by atoms with Gasteiger partial charge in [-0.1, -0.05) is 158 Å². The monoisotopic (exact) mass is 701 g/mol. The van der Waals surface area contributed by atoms with E-state index in [1.807, 2.05) is 24.3 Å². The van der Waals surface area contributed by atoms with Gasteiger partial charge in [0.2, 0.25) is 0 Å². The molecule has 0 radical (unpaired) electrons. The Morgan fingerprint density at radius 3 is 1.56 bits per heavy atom. The van der Waals surface area contributed by atoms with E-state index in [1.165, 1.54) is 21.9 Å². The van der Waals surface area contributed by atoms with Gasteiger partial charge in [0.15, 0.2) is 17.5 Å². The molecule has 0 aliphatic rings. The van der Waals surface area contributed by atoms with Gasteiger partial charge in [-0.3, -0.25) is 0 Å². The van der Waals surface area contributed by atoms with Crippen molar-refractivity contribution in [3.63, 3.8) is 0 Å². The summed E-state index contributed by atoms with van der Waals surface area (Å²) in [5.74, 6) is 1.83. The minimum Gasteiger partial charge on any atom is -0.456 e. The Balaban J connectivity index is 1.14. The molecule has 55 heavy (non-hydrogen) atoms. The summed E-state index contributed by atoms with van der Waals surface area (Å²) in [6, 6.07) is 65.7. The van der Waals surface area contributed by atoms with Gasteiger partial charge >= 0.3 is 0 Å². The highest BCUT2D eigenvalue weighted by molar-refractivity contribution is 6.25. The zero-order valence-electron chi connectivity index (χ0n) is 29.6. The lowest BCUT2D eigenvalue weighted by molar-refractivity contribution is 0.669. The molecule has 4 heteroatoms. The number of hydrogen-bond donors (Lipinski definition) is 0. The van der Waals surface area contributed by atoms with Crippen molar-refractivity contribution in [2.24, 2.45) is 0 Å². The predicted molar refractivity (Wildman–Crippen MR) is 227 cm³/mol. The molecule has 0 aliphatic heterocycles. The van der Waals surface area contributed by atoms with Crippen LogP contribution in [0.1, 0.15) is 0 Å². The maximum absolute atomic E-state index is 6.68. The molecule has 0 amide bonds. The molecule has 0 bridgehead atoms. The zero-order valence-corrected chi connectivity index (χ0v) is 29.6. The van der Waals surface area contributed by atoms with E-state index in [-0.39, 0.29) is 0 Å². The zero-order chi connectivity index (χ0) is 36.3. The van der Waals surface area contributed by atoms with Crippen LogP contribution in [-0.2, 0) is 0 Å². The molecule has 256 valence electrons. The van der Waals surface area contributed by atoms with E-state index in [0.717, 1.165) is 71.3 Å². The highest BCUT2D eigenvalue weighted by atomic mass is 16.3. The SMILES string of the molecule is c1ccc(-c2ccc3cc(-c4nc(-c5ccc6ccccc6c5)nc(-c5cccc6oc7cc(-c8ccccc8)c8ccccc8c7c56)n4)ccc3c2)cc1. The molecule has 0 N–H and O–H groups in total. The van der Waals surface area contributed by atoms with Crippen LogP contribution in [0.25, 0.3) is 111 Å². The first-order valence-electron chi connectivity index (χ1n) is 18.5.